The van der Waals surface area contributed by atoms with Crippen LogP contribution in [0.1, 0.15) is 43.2 Å². The molecule has 0 spiro atoms. The average molecular weight is 246 g/mol. The number of nitrogens with one attached hydrogen (secondary N) is 1. The van der Waals surface area contributed by atoms with Gasteiger partial charge in [-0.25, -0.2) is 0 Å². The summed E-state index contributed by atoms with van der Waals surface area (Å²) in [6.45, 7) is 3.07. The fourth-order valence-corrected chi connectivity index (χ4v) is 2.73. The Labute approximate surface area is 109 Å². The van der Waals surface area contributed by atoms with Gasteiger partial charge in [0.15, 0.2) is 0 Å². The molecule has 1 fully saturated rings. The number of amides is 1. The molecule has 2 atom stereocenters. The largest absolute Gasteiger partial charge is 0.368 e. The SMILES string of the molecule is CCCc1cccc(C2CCNC(C(N)=O)C2)c1. The Kier molecular flexibility index (Phi) is 4.37. The van der Waals surface area contributed by atoms with Crippen molar-refractivity contribution in [2.45, 2.75) is 44.6 Å². The summed E-state index contributed by atoms with van der Waals surface area (Å²) in [4.78, 5) is 11.3. The maximum atomic E-state index is 11.3. The van der Waals surface area contributed by atoms with E-state index in [9.17, 15) is 4.79 Å². The van der Waals surface area contributed by atoms with Gasteiger partial charge in [0.1, 0.15) is 0 Å². The minimum Gasteiger partial charge on any atom is -0.368 e. The number of hydrogen-bond acceptors (Lipinski definition) is 2. The molecule has 1 heterocycles. The molecule has 3 nitrogen and oxygen atoms in total. The van der Waals surface area contributed by atoms with Crippen LogP contribution < -0.4 is 11.1 Å². The van der Waals surface area contributed by atoms with Crippen molar-refractivity contribution in [3.63, 3.8) is 0 Å². The standard InChI is InChI=1S/C15H22N2O/c1-2-4-11-5-3-6-12(9-11)13-7-8-17-14(10-13)15(16)18/h3,5-6,9,13-14,17H,2,4,7-8,10H2,1H3,(H2,16,18). The van der Waals surface area contributed by atoms with Crippen LogP contribution in [0.2, 0.25) is 0 Å². The smallest absolute Gasteiger partial charge is 0.234 e. The second-order valence-electron chi connectivity index (χ2n) is 5.13. The Morgan fingerprint density at radius 1 is 1.50 bits per heavy atom. The zero-order valence-corrected chi connectivity index (χ0v) is 11.0. The van der Waals surface area contributed by atoms with Gasteiger partial charge in [-0.2, -0.15) is 0 Å². The number of piperidine rings is 1. The third-order valence-corrected chi connectivity index (χ3v) is 3.71. The van der Waals surface area contributed by atoms with Crippen molar-refractivity contribution in [3.8, 4) is 0 Å². The Morgan fingerprint density at radius 3 is 3.06 bits per heavy atom. The molecule has 98 valence electrons. The number of rotatable bonds is 4. The van der Waals surface area contributed by atoms with Gasteiger partial charge in [-0.05, 0) is 42.9 Å². The normalized spacial score (nSPS) is 23.8. The van der Waals surface area contributed by atoms with E-state index in [1.807, 2.05) is 0 Å². The van der Waals surface area contributed by atoms with Crippen molar-refractivity contribution in [3.05, 3.63) is 35.4 Å². The third-order valence-electron chi connectivity index (χ3n) is 3.71. The van der Waals surface area contributed by atoms with Gasteiger partial charge in [0.2, 0.25) is 5.91 Å². The van der Waals surface area contributed by atoms with Crippen molar-refractivity contribution < 1.29 is 4.79 Å². The second-order valence-corrected chi connectivity index (χ2v) is 5.13. The van der Waals surface area contributed by atoms with Crippen LogP contribution in [0, 0.1) is 0 Å². The maximum Gasteiger partial charge on any atom is 0.234 e. The summed E-state index contributed by atoms with van der Waals surface area (Å²) in [5.74, 6) is 0.227. The molecule has 0 radical (unpaired) electrons. The van der Waals surface area contributed by atoms with Crippen LogP contribution in [0.15, 0.2) is 24.3 Å². The Hall–Kier alpha value is -1.35. The Morgan fingerprint density at radius 2 is 2.33 bits per heavy atom. The van der Waals surface area contributed by atoms with E-state index in [2.05, 4.69) is 36.5 Å². The molecular formula is C15H22N2O. The van der Waals surface area contributed by atoms with Crippen molar-refractivity contribution in [2.24, 2.45) is 5.73 Å². The lowest BCUT2D eigenvalue weighted by Crippen LogP contribution is -2.46. The van der Waals surface area contributed by atoms with Crippen molar-refractivity contribution in [1.82, 2.24) is 5.32 Å². The number of carbonyl (C=O) groups excluding carboxylic acids is 1. The summed E-state index contributed by atoms with van der Waals surface area (Å²) in [5.41, 5.74) is 8.13. The first-order valence-electron chi connectivity index (χ1n) is 6.82. The van der Waals surface area contributed by atoms with Crippen molar-refractivity contribution in [1.29, 1.82) is 0 Å². The first-order chi connectivity index (χ1) is 8.70. The van der Waals surface area contributed by atoms with E-state index in [1.54, 1.807) is 0 Å². The van der Waals surface area contributed by atoms with E-state index < -0.39 is 0 Å². The molecule has 0 saturated carbocycles. The highest BCUT2D eigenvalue weighted by Crippen LogP contribution is 2.28. The van der Waals surface area contributed by atoms with Crippen LogP contribution in [0.5, 0.6) is 0 Å². The van der Waals surface area contributed by atoms with Gasteiger partial charge in [0.05, 0.1) is 6.04 Å². The summed E-state index contributed by atoms with van der Waals surface area (Å²) in [7, 11) is 0. The lowest BCUT2D eigenvalue weighted by atomic mass is 9.85. The van der Waals surface area contributed by atoms with Gasteiger partial charge in [0.25, 0.3) is 0 Å². The highest BCUT2D eigenvalue weighted by Gasteiger charge is 2.26. The average Bonchev–Trinajstić information content (AvgIpc) is 2.39. The van der Waals surface area contributed by atoms with Crippen molar-refractivity contribution >= 4 is 5.91 Å². The molecule has 18 heavy (non-hydrogen) atoms. The van der Waals surface area contributed by atoms with E-state index in [0.29, 0.717) is 5.92 Å². The molecule has 0 aliphatic carbocycles. The van der Waals surface area contributed by atoms with Crippen LogP contribution in [0.3, 0.4) is 0 Å². The summed E-state index contributed by atoms with van der Waals surface area (Å²) in [6.07, 6.45) is 4.20. The molecule has 0 aromatic heterocycles. The molecule has 1 aliphatic heterocycles. The van der Waals surface area contributed by atoms with Gasteiger partial charge in [-0.15, -0.1) is 0 Å². The van der Waals surface area contributed by atoms with Gasteiger partial charge >= 0.3 is 0 Å². The van der Waals surface area contributed by atoms with Crippen molar-refractivity contribution in [2.75, 3.05) is 6.54 Å². The molecule has 3 heteroatoms. The van der Waals surface area contributed by atoms with E-state index >= 15 is 0 Å². The molecule has 1 saturated heterocycles. The molecule has 1 aromatic rings. The summed E-state index contributed by atoms with van der Waals surface area (Å²) in [5, 5.41) is 3.18. The zero-order valence-electron chi connectivity index (χ0n) is 11.0. The Bertz CT molecular complexity index is 417. The number of aryl methyl sites for hydroxylation is 1. The highest BCUT2D eigenvalue weighted by molar-refractivity contribution is 5.80. The first kappa shape index (κ1) is 13.1. The van der Waals surface area contributed by atoms with Crippen LogP contribution in [-0.4, -0.2) is 18.5 Å². The summed E-state index contributed by atoms with van der Waals surface area (Å²) in [6, 6.07) is 8.60. The molecule has 2 rings (SSSR count). The van der Waals surface area contributed by atoms with Gasteiger partial charge in [-0.3, -0.25) is 4.79 Å². The fourth-order valence-electron chi connectivity index (χ4n) is 2.73. The topological polar surface area (TPSA) is 55.1 Å². The zero-order chi connectivity index (χ0) is 13.0. The molecule has 1 aliphatic rings. The van der Waals surface area contributed by atoms with Crippen LogP contribution >= 0.6 is 0 Å². The molecular weight excluding hydrogens is 224 g/mol. The van der Waals surface area contributed by atoms with Crippen LogP contribution in [0.25, 0.3) is 0 Å². The molecule has 0 bridgehead atoms. The first-order valence-corrected chi connectivity index (χ1v) is 6.82. The van der Waals surface area contributed by atoms with E-state index in [4.69, 9.17) is 5.73 Å². The van der Waals surface area contributed by atoms with Crippen LogP contribution in [0.4, 0.5) is 0 Å². The molecule has 3 N–H and O–H groups in total. The van der Waals surface area contributed by atoms with Crippen LogP contribution in [-0.2, 0) is 11.2 Å². The maximum absolute atomic E-state index is 11.3. The fraction of sp³-hybridized carbons (Fsp3) is 0.533. The third kappa shape index (κ3) is 3.10. The van der Waals surface area contributed by atoms with E-state index in [0.717, 1.165) is 25.8 Å². The molecule has 2 unspecified atom stereocenters. The molecule has 1 aromatic carbocycles. The number of carbonyl (C=O) groups is 1. The summed E-state index contributed by atoms with van der Waals surface area (Å²) >= 11 is 0. The quantitative estimate of drug-likeness (QED) is 0.853. The minimum atomic E-state index is -0.232. The Balaban J connectivity index is 2.10. The minimum absolute atomic E-state index is 0.168. The second kappa shape index (κ2) is 6.01. The predicted molar refractivity (Wildman–Crippen MR) is 73.4 cm³/mol. The van der Waals surface area contributed by atoms with E-state index in [-0.39, 0.29) is 11.9 Å². The monoisotopic (exact) mass is 246 g/mol. The van der Waals surface area contributed by atoms with Gasteiger partial charge < -0.3 is 11.1 Å². The highest BCUT2D eigenvalue weighted by atomic mass is 16.1. The predicted octanol–water partition coefficient (Wildman–Crippen LogP) is 1.96. The van der Waals surface area contributed by atoms with Gasteiger partial charge in [0, 0.05) is 0 Å². The lowest BCUT2D eigenvalue weighted by Gasteiger charge is -2.29. The summed E-state index contributed by atoms with van der Waals surface area (Å²) < 4.78 is 0. The van der Waals surface area contributed by atoms with E-state index in [1.165, 1.54) is 17.5 Å². The lowest BCUT2D eigenvalue weighted by molar-refractivity contribution is -0.120. The molecule has 1 amide bonds. The number of hydrogen-bond donors (Lipinski definition) is 2. The number of primary amides is 1. The number of nitrogens with two attached hydrogens (primary N) is 1. The van der Waals surface area contributed by atoms with Gasteiger partial charge in [-0.1, -0.05) is 37.6 Å². The number of benzene rings is 1.